The van der Waals surface area contributed by atoms with E-state index < -0.39 is 50.4 Å². The van der Waals surface area contributed by atoms with Gasteiger partial charge in [0.05, 0.1) is 13.2 Å². The zero-order valence-electron chi connectivity index (χ0n) is 29.9. The smallest absolute Gasteiger partial charge is 0.314 e. The summed E-state index contributed by atoms with van der Waals surface area (Å²) in [5.41, 5.74) is 0.545. The Morgan fingerprint density at radius 2 is 1.00 bits per heavy atom. The summed E-state index contributed by atoms with van der Waals surface area (Å²) < 4.78 is 41.9. The Labute approximate surface area is 265 Å². The maximum Gasteiger partial charge on any atom is 0.314 e. The first-order valence-electron chi connectivity index (χ1n) is 15.5. The van der Waals surface area contributed by atoms with Gasteiger partial charge in [0.15, 0.2) is 39.1 Å². The summed E-state index contributed by atoms with van der Waals surface area (Å²) in [5.74, 6) is -0.0308. The Balaban J connectivity index is 0.000000803. The summed E-state index contributed by atoms with van der Waals surface area (Å²) in [6.45, 7) is 39.5. The van der Waals surface area contributed by atoms with E-state index in [0.717, 1.165) is 44.8 Å². The predicted octanol–water partition coefficient (Wildman–Crippen LogP) is 7.88. The minimum Gasteiger partial charge on any atom is -0.437 e. The second kappa shape index (κ2) is 17.9. The van der Waals surface area contributed by atoms with Crippen molar-refractivity contribution in [2.75, 3.05) is 33.0 Å². The summed E-state index contributed by atoms with van der Waals surface area (Å²) in [6, 6.07) is 1.93. The first kappa shape index (κ1) is 42.4. The zero-order chi connectivity index (χ0) is 33.0. The third-order valence-electron chi connectivity index (χ3n) is 5.34. The molecule has 1 heterocycles. The van der Waals surface area contributed by atoms with E-state index in [1.54, 1.807) is 6.92 Å². The molecule has 1 aliphatic rings. The van der Waals surface area contributed by atoms with Crippen LogP contribution in [0.5, 0.6) is 0 Å². The van der Waals surface area contributed by atoms with Crippen molar-refractivity contribution in [2.45, 2.75) is 130 Å². The molecule has 0 aliphatic carbocycles. The summed E-state index contributed by atoms with van der Waals surface area (Å²) in [7, 11) is -10.7. The van der Waals surface area contributed by atoms with Gasteiger partial charge in [-0.2, -0.15) is 0 Å². The van der Waals surface area contributed by atoms with Crippen LogP contribution in [0, 0.1) is 0 Å². The van der Waals surface area contributed by atoms with E-state index in [2.05, 4.69) is 98.2 Å². The highest BCUT2D eigenvalue weighted by Gasteiger charge is 2.41. The SMILES string of the molecule is C=C(C)C(=O)COCCC[Si](C)(O[Si](C)(C)C)O[Si](C)(C)C.C[Si](C)(C)O[Si](C)(CCCOCC1CO1)O[Si](C)(C)C. The van der Waals surface area contributed by atoms with Crippen molar-refractivity contribution in [3.05, 3.63) is 12.2 Å². The predicted molar refractivity (Wildman–Crippen MR) is 191 cm³/mol. The molecule has 1 fully saturated rings. The van der Waals surface area contributed by atoms with Gasteiger partial charge in [-0.05, 0) is 129 Å². The number of rotatable bonds is 21. The highest BCUT2D eigenvalue weighted by atomic mass is 28.5. The molecule has 1 unspecified atom stereocenters. The fourth-order valence-electron chi connectivity index (χ4n) is 4.49. The van der Waals surface area contributed by atoms with Crippen LogP contribution in [0.1, 0.15) is 19.8 Å². The number of carbonyl (C=O) groups is 1. The lowest BCUT2D eigenvalue weighted by Crippen LogP contribution is -2.52. The Bertz CT molecular complexity index is 779. The number of carbonyl (C=O) groups excluding carboxylic acids is 1. The van der Waals surface area contributed by atoms with Gasteiger partial charge in [-0.25, -0.2) is 0 Å². The van der Waals surface area contributed by atoms with Crippen molar-refractivity contribution >= 4 is 56.2 Å². The third-order valence-corrected chi connectivity index (χ3v) is 24.6. The van der Waals surface area contributed by atoms with Crippen LogP contribution in [0.2, 0.25) is 104 Å². The maximum absolute atomic E-state index is 11.4. The molecule has 0 aromatic heterocycles. The fourth-order valence-corrected chi connectivity index (χ4v) is 29.5. The van der Waals surface area contributed by atoms with E-state index in [4.69, 9.17) is 30.7 Å². The Hall–Kier alpha value is 0.431. The van der Waals surface area contributed by atoms with E-state index in [9.17, 15) is 4.79 Å². The molecule has 1 aliphatic heterocycles. The number of hydrogen-bond acceptors (Lipinski definition) is 8. The molecule has 0 bridgehead atoms. The fraction of sp³-hybridized carbons (Fsp3) is 0.893. The molecule has 42 heavy (non-hydrogen) atoms. The normalized spacial score (nSPS) is 16.6. The third kappa shape index (κ3) is 25.7. The molecule has 250 valence electrons. The van der Waals surface area contributed by atoms with E-state index in [1.807, 2.05) is 0 Å². The van der Waals surface area contributed by atoms with Crippen molar-refractivity contribution in [1.82, 2.24) is 0 Å². The quantitative estimate of drug-likeness (QED) is 0.0518. The van der Waals surface area contributed by atoms with Gasteiger partial charge in [-0.3, -0.25) is 4.79 Å². The van der Waals surface area contributed by atoms with Gasteiger partial charge < -0.3 is 30.7 Å². The average Bonchev–Trinajstić information content (AvgIpc) is 3.52. The lowest BCUT2D eigenvalue weighted by Gasteiger charge is -2.38. The second-order valence-corrected chi connectivity index (χ2v) is 41.3. The van der Waals surface area contributed by atoms with Crippen LogP contribution >= 0.6 is 0 Å². The molecule has 0 aromatic carbocycles. The van der Waals surface area contributed by atoms with Gasteiger partial charge in [-0.15, -0.1) is 0 Å². The molecule has 0 radical (unpaired) electrons. The molecule has 0 amide bonds. The standard InChI is InChI=1S/C15H34O4Si3.C13H32O4Si3/c1-14(2)15(16)13-17-11-10-12-22(9,18-20(3,4)5)19-21(6,7)8;1-18(2,3)16-20(7,17-19(4,5)6)10-8-9-14-11-13-12-15-13/h1,10-13H2,2-9H3;13H,8-12H2,1-7H3. The van der Waals surface area contributed by atoms with Crippen molar-refractivity contribution in [1.29, 1.82) is 0 Å². The molecule has 0 aromatic rings. The van der Waals surface area contributed by atoms with Crippen LogP contribution in [0.15, 0.2) is 12.2 Å². The minimum atomic E-state index is -2.18. The van der Waals surface area contributed by atoms with Crippen molar-refractivity contribution in [2.24, 2.45) is 0 Å². The lowest BCUT2D eigenvalue weighted by molar-refractivity contribution is -0.119. The van der Waals surface area contributed by atoms with Crippen molar-refractivity contribution in [3.63, 3.8) is 0 Å². The number of hydrogen-bond donors (Lipinski definition) is 0. The Kier molecular flexibility index (Phi) is 18.1. The molecule has 0 saturated carbocycles. The van der Waals surface area contributed by atoms with Crippen LogP contribution in [0.25, 0.3) is 0 Å². The lowest BCUT2D eigenvalue weighted by atomic mass is 10.2. The number of ether oxygens (including phenoxy) is 3. The summed E-state index contributed by atoms with van der Waals surface area (Å²) in [6.07, 6.45) is 2.24. The molecule has 1 atom stereocenters. The van der Waals surface area contributed by atoms with Gasteiger partial charge in [-0.1, -0.05) is 6.58 Å². The molecular weight excluding hydrogens is 633 g/mol. The topological polar surface area (TPSA) is 85.0 Å². The van der Waals surface area contributed by atoms with E-state index >= 15 is 0 Å². The largest absolute Gasteiger partial charge is 0.437 e. The van der Waals surface area contributed by atoms with Crippen LogP contribution < -0.4 is 0 Å². The van der Waals surface area contributed by atoms with Crippen LogP contribution in [-0.2, 0) is 35.5 Å². The van der Waals surface area contributed by atoms with Crippen LogP contribution in [-0.4, -0.2) is 95.3 Å². The van der Waals surface area contributed by atoms with Gasteiger partial charge in [0.1, 0.15) is 12.7 Å². The van der Waals surface area contributed by atoms with Gasteiger partial charge >= 0.3 is 17.1 Å². The first-order chi connectivity index (χ1) is 18.7. The minimum absolute atomic E-state index is 0.0308. The van der Waals surface area contributed by atoms with E-state index in [0.29, 0.717) is 18.3 Å². The average molecular weight is 699 g/mol. The maximum atomic E-state index is 11.4. The summed E-state index contributed by atoms with van der Waals surface area (Å²) in [4.78, 5) is 11.4. The van der Waals surface area contributed by atoms with Crippen LogP contribution in [0.3, 0.4) is 0 Å². The Morgan fingerprint density at radius 1 is 0.667 bits per heavy atom. The highest BCUT2D eigenvalue weighted by molar-refractivity contribution is 6.88. The summed E-state index contributed by atoms with van der Waals surface area (Å²) >= 11 is 0. The number of ketones is 1. The van der Waals surface area contributed by atoms with Gasteiger partial charge in [0, 0.05) is 13.2 Å². The first-order valence-corrected chi connectivity index (χ1v) is 34.2. The zero-order valence-corrected chi connectivity index (χ0v) is 35.9. The number of Topliss-reactive ketones (excluding diaryl/α,β-unsaturated/α-hetero) is 1. The van der Waals surface area contributed by atoms with Gasteiger partial charge in [0.2, 0.25) is 0 Å². The van der Waals surface area contributed by atoms with E-state index in [1.165, 1.54) is 0 Å². The molecule has 1 rings (SSSR count). The monoisotopic (exact) mass is 698 g/mol. The molecular formula is C28H66O8Si6. The second-order valence-electron chi connectivity index (χ2n) is 15.6. The molecule has 0 spiro atoms. The van der Waals surface area contributed by atoms with Crippen molar-refractivity contribution in [3.8, 4) is 0 Å². The molecule has 8 nitrogen and oxygen atoms in total. The Morgan fingerprint density at radius 3 is 1.29 bits per heavy atom. The summed E-state index contributed by atoms with van der Waals surface area (Å²) in [5, 5.41) is 0. The molecule has 1 saturated heterocycles. The number of epoxide rings is 1. The molecule has 14 heteroatoms. The van der Waals surface area contributed by atoms with Crippen LogP contribution in [0.4, 0.5) is 0 Å². The van der Waals surface area contributed by atoms with Crippen molar-refractivity contribution < 1.29 is 35.5 Å². The highest BCUT2D eigenvalue weighted by Crippen LogP contribution is 2.26. The van der Waals surface area contributed by atoms with E-state index in [-0.39, 0.29) is 12.4 Å². The van der Waals surface area contributed by atoms with Gasteiger partial charge in [0.25, 0.3) is 0 Å². The molecule has 0 N–H and O–H groups in total.